The fourth-order valence-corrected chi connectivity index (χ4v) is 1.62. The molecule has 0 fully saturated rings. The molecule has 0 radical (unpaired) electrons. The number of aromatic nitrogens is 1. The lowest BCUT2D eigenvalue weighted by Gasteiger charge is -2.07. The first-order valence-electron chi connectivity index (χ1n) is 4.27. The third-order valence-corrected chi connectivity index (χ3v) is 2.25. The molecular formula is C10H7NO3. The molecule has 3 rings (SSSR count). The zero-order valence-electron chi connectivity index (χ0n) is 7.21. The summed E-state index contributed by atoms with van der Waals surface area (Å²) in [7, 11) is 0. The SMILES string of the molecule is O=C1OC(c2ccco2)n2cccc21. The van der Waals surface area contributed by atoms with Crippen LogP contribution in [0.1, 0.15) is 22.5 Å². The van der Waals surface area contributed by atoms with Crippen molar-refractivity contribution < 1.29 is 13.9 Å². The van der Waals surface area contributed by atoms with Gasteiger partial charge in [-0.3, -0.25) is 4.57 Å². The summed E-state index contributed by atoms with van der Waals surface area (Å²) >= 11 is 0. The van der Waals surface area contributed by atoms with E-state index in [2.05, 4.69) is 0 Å². The number of hydrogen-bond donors (Lipinski definition) is 0. The van der Waals surface area contributed by atoms with Crippen molar-refractivity contribution in [2.24, 2.45) is 0 Å². The van der Waals surface area contributed by atoms with Gasteiger partial charge in [0.25, 0.3) is 0 Å². The Morgan fingerprint density at radius 2 is 2.21 bits per heavy atom. The van der Waals surface area contributed by atoms with Crippen LogP contribution in [-0.4, -0.2) is 10.5 Å². The van der Waals surface area contributed by atoms with Crippen LogP contribution in [0.25, 0.3) is 0 Å². The van der Waals surface area contributed by atoms with Gasteiger partial charge in [-0.1, -0.05) is 0 Å². The molecule has 0 aliphatic carbocycles. The lowest BCUT2D eigenvalue weighted by Crippen LogP contribution is -2.04. The van der Waals surface area contributed by atoms with Crippen molar-refractivity contribution in [2.75, 3.05) is 0 Å². The van der Waals surface area contributed by atoms with Gasteiger partial charge in [0, 0.05) is 6.20 Å². The van der Waals surface area contributed by atoms with Crippen LogP contribution < -0.4 is 0 Å². The van der Waals surface area contributed by atoms with E-state index in [1.807, 2.05) is 6.07 Å². The van der Waals surface area contributed by atoms with E-state index in [0.717, 1.165) is 0 Å². The summed E-state index contributed by atoms with van der Waals surface area (Å²) in [6, 6.07) is 7.09. The van der Waals surface area contributed by atoms with Gasteiger partial charge in [0.05, 0.1) is 6.26 Å². The van der Waals surface area contributed by atoms with Gasteiger partial charge in [-0.15, -0.1) is 0 Å². The van der Waals surface area contributed by atoms with Crippen molar-refractivity contribution in [1.29, 1.82) is 0 Å². The minimum Gasteiger partial charge on any atom is -0.463 e. The molecule has 70 valence electrons. The van der Waals surface area contributed by atoms with Crippen LogP contribution >= 0.6 is 0 Å². The summed E-state index contributed by atoms with van der Waals surface area (Å²) in [5.74, 6) is 0.324. The highest BCUT2D eigenvalue weighted by atomic mass is 16.6. The molecule has 0 saturated heterocycles. The van der Waals surface area contributed by atoms with Crippen molar-refractivity contribution in [3.63, 3.8) is 0 Å². The highest BCUT2D eigenvalue weighted by molar-refractivity contribution is 5.89. The zero-order chi connectivity index (χ0) is 9.54. The maximum atomic E-state index is 11.3. The number of nitrogens with zero attached hydrogens (tertiary/aromatic N) is 1. The highest BCUT2D eigenvalue weighted by Crippen LogP contribution is 2.29. The van der Waals surface area contributed by atoms with Crippen molar-refractivity contribution in [3.8, 4) is 0 Å². The second-order valence-corrected chi connectivity index (χ2v) is 3.07. The summed E-state index contributed by atoms with van der Waals surface area (Å²) in [5.41, 5.74) is 0.561. The van der Waals surface area contributed by atoms with E-state index in [-0.39, 0.29) is 5.97 Å². The van der Waals surface area contributed by atoms with Crippen LogP contribution in [0.4, 0.5) is 0 Å². The molecule has 14 heavy (non-hydrogen) atoms. The lowest BCUT2D eigenvalue weighted by atomic mass is 10.4. The van der Waals surface area contributed by atoms with Crippen LogP contribution in [0.3, 0.4) is 0 Å². The van der Waals surface area contributed by atoms with Crippen LogP contribution in [0.2, 0.25) is 0 Å². The molecule has 0 bridgehead atoms. The van der Waals surface area contributed by atoms with E-state index in [9.17, 15) is 4.79 Å². The Labute approximate surface area is 79.7 Å². The predicted octanol–water partition coefficient (Wildman–Crippen LogP) is 1.80. The number of furan rings is 1. The van der Waals surface area contributed by atoms with Gasteiger partial charge in [0.15, 0.2) is 5.76 Å². The molecule has 1 aliphatic rings. The Bertz CT molecular complexity index is 469. The van der Waals surface area contributed by atoms with Crippen LogP contribution in [0.5, 0.6) is 0 Å². The number of carbonyl (C=O) groups is 1. The molecule has 1 unspecified atom stereocenters. The minimum atomic E-state index is -0.442. The number of cyclic esters (lactones) is 1. The largest absolute Gasteiger partial charge is 0.463 e. The molecule has 2 aromatic heterocycles. The molecule has 0 amide bonds. The second-order valence-electron chi connectivity index (χ2n) is 3.07. The van der Waals surface area contributed by atoms with Gasteiger partial charge in [0.1, 0.15) is 5.69 Å². The number of carbonyl (C=O) groups excluding carboxylic acids is 1. The fourth-order valence-electron chi connectivity index (χ4n) is 1.62. The standard InChI is InChI=1S/C10H7NO3/c12-10-7-3-1-5-11(7)9(14-10)8-4-2-6-13-8/h1-6,9H. The summed E-state index contributed by atoms with van der Waals surface area (Å²) in [5, 5.41) is 0. The van der Waals surface area contributed by atoms with Gasteiger partial charge in [-0.2, -0.15) is 0 Å². The molecule has 2 aromatic rings. The number of hydrogen-bond acceptors (Lipinski definition) is 3. The second kappa shape index (κ2) is 2.51. The van der Waals surface area contributed by atoms with Gasteiger partial charge in [0.2, 0.25) is 6.23 Å². The van der Waals surface area contributed by atoms with E-state index in [4.69, 9.17) is 9.15 Å². The van der Waals surface area contributed by atoms with E-state index < -0.39 is 6.23 Å². The summed E-state index contributed by atoms with van der Waals surface area (Å²) in [4.78, 5) is 11.3. The van der Waals surface area contributed by atoms with Crippen LogP contribution in [-0.2, 0) is 4.74 Å². The Morgan fingerprint density at radius 3 is 3.00 bits per heavy atom. The number of fused-ring (bicyclic) bond motifs is 1. The Kier molecular flexibility index (Phi) is 1.33. The predicted molar refractivity (Wildman–Crippen MR) is 46.7 cm³/mol. The van der Waals surface area contributed by atoms with Gasteiger partial charge in [-0.25, -0.2) is 4.79 Å². The first-order chi connectivity index (χ1) is 6.86. The number of ether oxygens (including phenoxy) is 1. The first kappa shape index (κ1) is 7.44. The van der Waals surface area contributed by atoms with Crippen molar-refractivity contribution in [2.45, 2.75) is 6.23 Å². The van der Waals surface area contributed by atoms with E-state index in [0.29, 0.717) is 11.5 Å². The smallest absolute Gasteiger partial charge is 0.357 e. The zero-order valence-corrected chi connectivity index (χ0v) is 7.21. The molecule has 3 heterocycles. The Morgan fingerprint density at radius 1 is 1.29 bits per heavy atom. The Balaban J connectivity index is 2.11. The van der Waals surface area contributed by atoms with E-state index in [1.165, 1.54) is 0 Å². The number of rotatable bonds is 1. The molecule has 0 spiro atoms. The average Bonchev–Trinajstić information content (AvgIpc) is 2.84. The topological polar surface area (TPSA) is 44.4 Å². The highest BCUT2D eigenvalue weighted by Gasteiger charge is 2.32. The van der Waals surface area contributed by atoms with Crippen LogP contribution in [0, 0.1) is 0 Å². The fraction of sp³-hybridized carbons (Fsp3) is 0.100. The van der Waals surface area contributed by atoms with Gasteiger partial charge >= 0.3 is 5.97 Å². The average molecular weight is 189 g/mol. The maximum Gasteiger partial charge on any atom is 0.357 e. The van der Waals surface area contributed by atoms with Crippen molar-refractivity contribution in [1.82, 2.24) is 4.57 Å². The molecule has 0 saturated carbocycles. The summed E-state index contributed by atoms with van der Waals surface area (Å²) in [6.07, 6.45) is 2.92. The van der Waals surface area contributed by atoms with Gasteiger partial charge < -0.3 is 9.15 Å². The molecule has 4 nitrogen and oxygen atoms in total. The lowest BCUT2D eigenvalue weighted by molar-refractivity contribution is 0.0330. The maximum absolute atomic E-state index is 11.3. The molecule has 4 heteroatoms. The van der Waals surface area contributed by atoms with Gasteiger partial charge in [-0.05, 0) is 24.3 Å². The van der Waals surface area contributed by atoms with E-state index in [1.54, 1.807) is 35.2 Å². The number of esters is 1. The summed E-state index contributed by atoms with van der Waals surface area (Å²) in [6.45, 7) is 0. The van der Waals surface area contributed by atoms with Crippen LogP contribution in [0.15, 0.2) is 41.1 Å². The molecule has 1 aliphatic heterocycles. The minimum absolute atomic E-state index is 0.309. The quantitative estimate of drug-likeness (QED) is 0.642. The molecule has 0 aromatic carbocycles. The normalized spacial score (nSPS) is 19.4. The van der Waals surface area contributed by atoms with Crippen molar-refractivity contribution in [3.05, 3.63) is 48.2 Å². The molecular weight excluding hydrogens is 182 g/mol. The first-order valence-corrected chi connectivity index (χ1v) is 4.27. The molecule has 1 atom stereocenters. The van der Waals surface area contributed by atoms with Crippen molar-refractivity contribution >= 4 is 5.97 Å². The Hall–Kier alpha value is -1.97. The summed E-state index contributed by atoms with van der Waals surface area (Å²) < 4.78 is 12.1. The third-order valence-electron chi connectivity index (χ3n) is 2.25. The van der Waals surface area contributed by atoms with E-state index >= 15 is 0 Å². The third kappa shape index (κ3) is 0.849. The monoisotopic (exact) mass is 189 g/mol. The molecule has 0 N–H and O–H groups in total.